The van der Waals surface area contributed by atoms with E-state index in [-0.39, 0.29) is 10.7 Å². The van der Waals surface area contributed by atoms with Crippen LogP contribution in [0.5, 0.6) is 0 Å². The number of rotatable bonds is 8. The molecule has 0 aromatic heterocycles. The fraction of sp³-hybridized carbons (Fsp3) is 0.263. The normalized spacial score (nSPS) is 11.9. The summed E-state index contributed by atoms with van der Waals surface area (Å²) in [6, 6.07) is 10.1. The van der Waals surface area contributed by atoms with Crippen molar-refractivity contribution in [2.75, 3.05) is 29.9 Å². The monoisotopic (exact) mass is 453 g/mol. The van der Waals surface area contributed by atoms with Gasteiger partial charge in [-0.15, -0.1) is 0 Å². The molecule has 162 valence electrons. The molecule has 11 heteroatoms. The smallest absolute Gasteiger partial charge is 0.243 e. The van der Waals surface area contributed by atoms with Crippen molar-refractivity contribution in [2.24, 2.45) is 0 Å². The van der Waals surface area contributed by atoms with Crippen molar-refractivity contribution in [3.63, 3.8) is 0 Å². The molecular weight excluding hydrogens is 430 g/mol. The van der Waals surface area contributed by atoms with Gasteiger partial charge in [0.25, 0.3) is 0 Å². The Morgan fingerprint density at radius 2 is 1.60 bits per heavy atom. The lowest BCUT2D eigenvalue weighted by Crippen LogP contribution is -2.35. The summed E-state index contributed by atoms with van der Waals surface area (Å²) < 4.78 is 51.4. The lowest BCUT2D eigenvalue weighted by atomic mass is 10.2. The predicted molar refractivity (Wildman–Crippen MR) is 115 cm³/mol. The Kier molecular flexibility index (Phi) is 7.01. The molecule has 2 rings (SSSR count). The Bertz CT molecular complexity index is 1170. The minimum absolute atomic E-state index is 0.0437. The van der Waals surface area contributed by atoms with Crippen LogP contribution in [0.4, 0.5) is 11.4 Å². The second kappa shape index (κ2) is 8.94. The van der Waals surface area contributed by atoms with E-state index in [1.807, 2.05) is 0 Å². The molecule has 0 heterocycles. The van der Waals surface area contributed by atoms with Gasteiger partial charge >= 0.3 is 0 Å². The van der Waals surface area contributed by atoms with Gasteiger partial charge in [0.15, 0.2) is 5.78 Å². The van der Waals surface area contributed by atoms with Crippen molar-refractivity contribution in [1.82, 2.24) is 4.31 Å². The number of likely N-dealkylation sites (N-methyl/N-ethyl adjacent to an activating group) is 1. The van der Waals surface area contributed by atoms with Crippen molar-refractivity contribution in [3.8, 4) is 0 Å². The van der Waals surface area contributed by atoms with Crippen molar-refractivity contribution < 1.29 is 26.4 Å². The quantitative estimate of drug-likeness (QED) is 0.587. The molecule has 0 atom stereocenters. The van der Waals surface area contributed by atoms with Crippen LogP contribution < -0.4 is 10.0 Å². The third kappa shape index (κ3) is 6.12. The Labute approximate surface area is 176 Å². The molecule has 0 saturated heterocycles. The number of Topliss-reactive ketones (excluding diaryl/α,β-unsaturated/α-hetero) is 1. The molecule has 0 unspecified atom stereocenters. The topological polar surface area (TPSA) is 130 Å². The van der Waals surface area contributed by atoms with Gasteiger partial charge < -0.3 is 5.32 Å². The van der Waals surface area contributed by atoms with E-state index in [0.717, 1.165) is 10.6 Å². The number of carbonyl (C=O) groups excluding carboxylic acids is 2. The maximum Gasteiger partial charge on any atom is 0.243 e. The Hall–Kier alpha value is -2.76. The number of benzene rings is 2. The fourth-order valence-corrected chi connectivity index (χ4v) is 4.29. The summed E-state index contributed by atoms with van der Waals surface area (Å²) in [5.41, 5.74) is 1.66. The molecule has 9 nitrogen and oxygen atoms in total. The molecule has 2 aromatic carbocycles. The largest absolute Gasteiger partial charge is 0.325 e. The van der Waals surface area contributed by atoms with Crippen molar-refractivity contribution in [2.45, 2.75) is 18.7 Å². The van der Waals surface area contributed by atoms with Gasteiger partial charge in [0.2, 0.25) is 26.0 Å². The van der Waals surface area contributed by atoms with Gasteiger partial charge in [0, 0.05) is 18.3 Å². The predicted octanol–water partition coefficient (Wildman–Crippen LogP) is 1.83. The lowest BCUT2D eigenvalue weighted by Gasteiger charge is -2.17. The minimum atomic E-state index is -3.94. The molecule has 1 amide bonds. The Morgan fingerprint density at radius 1 is 1.00 bits per heavy atom. The van der Waals surface area contributed by atoms with Crippen LogP contribution in [0.25, 0.3) is 0 Å². The van der Waals surface area contributed by atoms with Crippen LogP contribution in [0, 0.1) is 6.92 Å². The van der Waals surface area contributed by atoms with Crippen LogP contribution in [0.15, 0.2) is 47.4 Å². The first kappa shape index (κ1) is 23.5. The van der Waals surface area contributed by atoms with E-state index in [2.05, 4.69) is 10.0 Å². The van der Waals surface area contributed by atoms with Crippen LogP contribution in [0.1, 0.15) is 22.8 Å². The van der Waals surface area contributed by atoms with E-state index >= 15 is 0 Å². The highest BCUT2D eigenvalue weighted by atomic mass is 32.2. The molecule has 0 radical (unpaired) electrons. The Balaban J connectivity index is 2.12. The van der Waals surface area contributed by atoms with Gasteiger partial charge in [-0.05, 0) is 43.7 Å². The summed E-state index contributed by atoms with van der Waals surface area (Å²) in [5, 5.41) is 2.55. The molecule has 0 bridgehead atoms. The standard InChI is InChI=1S/C19H23N3O6S2/c1-13-5-8-16(11-18(13)21-29(4,25)26)20-19(24)12-22(3)30(27,28)17-9-6-15(7-10-17)14(2)23/h5-11,21H,12H2,1-4H3,(H,20,24). The number of nitrogens with zero attached hydrogens (tertiary/aromatic N) is 1. The number of sulfonamides is 2. The molecule has 0 saturated carbocycles. The van der Waals surface area contributed by atoms with Crippen LogP contribution in [-0.2, 0) is 24.8 Å². The van der Waals surface area contributed by atoms with Gasteiger partial charge in [-0.1, -0.05) is 18.2 Å². The van der Waals surface area contributed by atoms with E-state index in [1.54, 1.807) is 19.1 Å². The highest BCUT2D eigenvalue weighted by Gasteiger charge is 2.23. The number of carbonyl (C=O) groups is 2. The Morgan fingerprint density at radius 3 is 2.13 bits per heavy atom. The molecule has 0 fully saturated rings. The average molecular weight is 454 g/mol. The van der Waals surface area contributed by atoms with Gasteiger partial charge in [-0.25, -0.2) is 16.8 Å². The first-order valence-electron chi connectivity index (χ1n) is 8.75. The third-order valence-electron chi connectivity index (χ3n) is 4.15. The minimum Gasteiger partial charge on any atom is -0.325 e. The summed E-state index contributed by atoms with van der Waals surface area (Å²) in [5.74, 6) is -0.787. The van der Waals surface area contributed by atoms with Crippen LogP contribution in [0.2, 0.25) is 0 Å². The maximum absolute atomic E-state index is 12.6. The summed E-state index contributed by atoms with van der Waals surface area (Å²) in [6.07, 6.45) is 1.01. The van der Waals surface area contributed by atoms with Crippen molar-refractivity contribution >= 4 is 43.1 Å². The van der Waals surface area contributed by atoms with E-state index in [9.17, 15) is 26.4 Å². The number of anilines is 2. The summed E-state index contributed by atoms with van der Waals surface area (Å²) in [4.78, 5) is 23.6. The number of ketones is 1. The van der Waals surface area contributed by atoms with Crippen LogP contribution in [-0.4, -0.2) is 52.7 Å². The molecular formula is C19H23N3O6S2. The number of aryl methyl sites for hydroxylation is 1. The number of hydrogen-bond acceptors (Lipinski definition) is 6. The van der Waals surface area contributed by atoms with Crippen molar-refractivity contribution in [1.29, 1.82) is 0 Å². The highest BCUT2D eigenvalue weighted by molar-refractivity contribution is 7.92. The lowest BCUT2D eigenvalue weighted by molar-refractivity contribution is -0.116. The maximum atomic E-state index is 12.6. The molecule has 0 spiro atoms. The zero-order chi connectivity index (χ0) is 22.7. The third-order valence-corrected chi connectivity index (χ3v) is 6.56. The van der Waals surface area contributed by atoms with E-state index in [0.29, 0.717) is 22.5 Å². The SMILES string of the molecule is CC(=O)c1ccc(S(=O)(=O)N(C)CC(=O)Nc2ccc(C)c(NS(C)(=O)=O)c2)cc1. The second-order valence-corrected chi connectivity index (χ2v) is 10.6. The summed E-state index contributed by atoms with van der Waals surface area (Å²) >= 11 is 0. The number of nitrogens with one attached hydrogen (secondary N) is 2. The van der Waals surface area contributed by atoms with Crippen LogP contribution in [0.3, 0.4) is 0 Å². The first-order chi connectivity index (χ1) is 13.8. The number of hydrogen-bond donors (Lipinski definition) is 2. The van der Waals surface area contributed by atoms with Gasteiger partial charge in [0.05, 0.1) is 23.4 Å². The van der Waals surface area contributed by atoms with Gasteiger partial charge in [-0.3, -0.25) is 14.3 Å². The average Bonchev–Trinajstić information content (AvgIpc) is 2.63. The van der Waals surface area contributed by atoms with Crippen LogP contribution >= 0.6 is 0 Å². The van der Waals surface area contributed by atoms with E-state index in [1.165, 1.54) is 44.3 Å². The van der Waals surface area contributed by atoms with E-state index in [4.69, 9.17) is 0 Å². The zero-order valence-electron chi connectivity index (χ0n) is 17.0. The number of amides is 1. The molecule has 0 aliphatic rings. The fourth-order valence-electron chi connectivity index (χ4n) is 2.54. The molecule has 2 N–H and O–H groups in total. The summed E-state index contributed by atoms with van der Waals surface area (Å²) in [7, 11) is -6.17. The highest BCUT2D eigenvalue weighted by Crippen LogP contribution is 2.21. The molecule has 30 heavy (non-hydrogen) atoms. The second-order valence-electron chi connectivity index (χ2n) is 6.79. The molecule has 0 aliphatic heterocycles. The first-order valence-corrected chi connectivity index (χ1v) is 12.1. The van der Waals surface area contributed by atoms with Gasteiger partial charge in [0.1, 0.15) is 0 Å². The van der Waals surface area contributed by atoms with E-state index < -0.39 is 32.5 Å². The molecule has 0 aliphatic carbocycles. The molecule has 2 aromatic rings. The van der Waals surface area contributed by atoms with Crippen molar-refractivity contribution in [3.05, 3.63) is 53.6 Å². The summed E-state index contributed by atoms with van der Waals surface area (Å²) in [6.45, 7) is 2.62. The zero-order valence-corrected chi connectivity index (χ0v) is 18.6. The van der Waals surface area contributed by atoms with Gasteiger partial charge in [-0.2, -0.15) is 4.31 Å².